The number of aromatic nitrogens is 2. The van der Waals surface area contributed by atoms with Crippen molar-refractivity contribution in [3.63, 3.8) is 0 Å². The Morgan fingerprint density at radius 3 is 2.26 bits per heavy atom. The molecule has 3 aromatic rings. The Labute approximate surface area is 400 Å². The molecule has 16 nitrogen and oxygen atoms in total. The summed E-state index contributed by atoms with van der Waals surface area (Å²) in [5.41, 5.74) is 2.61. The highest BCUT2D eigenvalue weighted by molar-refractivity contribution is 6.02. The van der Waals surface area contributed by atoms with Crippen LogP contribution in [0.4, 0.5) is 31.8 Å². The van der Waals surface area contributed by atoms with Crippen LogP contribution >= 0.6 is 0 Å². The van der Waals surface area contributed by atoms with Gasteiger partial charge in [0.05, 0.1) is 17.8 Å². The Balaban J connectivity index is 0.784. The quantitative estimate of drug-likeness (QED) is 0.0796. The number of fused-ring (bicyclic) bond motifs is 1. The summed E-state index contributed by atoms with van der Waals surface area (Å²) in [5.74, 6) is -0.200. The van der Waals surface area contributed by atoms with Gasteiger partial charge in [0.15, 0.2) is 0 Å². The van der Waals surface area contributed by atoms with Gasteiger partial charge < -0.3 is 40.4 Å². The number of benzene rings is 2. The number of hydrogen-bond acceptors (Lipinski definition) is 13. The molecule has 4 amide bonds. The number of amides is 4. The molecule has 1 spiro atoms. The number of anilines is 4. The largest absolute Gasteiger partial charge is 0.384 e. The minimum Gasteiger partial charge on any atom is -0.384 e. The van der Waals surface area contributed by atoms with Crippen molar-refractivity contribution in [2.45, 2.75) is 96.8 Å². The molecule has 5 heterocycles. The van der Waals surface area contributed by atoms with Crippen LogP contribution in [0.1, 0.15) is 93.6 Å². The first kappa shape index (κ1) is 50.4. The van der Waals surface area contributed by atoms with E-state index in [2.05, 4.69) is 78.8 Å². The summed E-state index contributed by atoms with van der Waals surface area (Å²) in [4.78, 5) is 70.8. The van der Waals surface area contributed by atoms with Gasteiger partial charge in [-0.3, -0.25) is 29.4 Å². The summed E-state index contributed by atoms with van der Waals surface area (Å²) in [6, 6.07) is 9.58. The van der Waals surface area contributed by atoms with Gasteiger partial charge in [-0.2, -0.15) is 0 Å². The second kappa shape index (κ2) is 22.8. The fourth-order valence-electron chi connectivity index (χ4n) is 10.0. The maximum atomic E-state index is 15.7. The van der Waals surface area contributed by atoms with Crippen molar-refractivity contribution in [1.82, 2.24) is 40.2 Å². The van der Waals surface area contributed by atoms with Crippen LogP contribution in [-0.2, 0) is 27.5 Å². The second-order valence-electron chi connectivity index (χ2n) is 20.2. The number of rotatable bonds is 22. The van der Waals surface area contributed by atoms with E-state index in [4.69, 9.17) is 0 Å². The van der Waals surface area contributed by atoms with Crippen LogP contribution in [0.25, 0.3) is 0 Å². The average molecular weight is 943 g/mol. The van der Waals surface area contributed by atoms with E-state index in [1.165, 1.54) is 12.1 Å². The van der Waals surface area contributed by atoms with Crippen LogP contribution in [-0.4, -0.2) is 158 Å². The Bertz CT molecular complexity index is 2230. The number of likely N-dealkylation sites (tertiary alicyclic amines) is 1. The second-order valence-corrected chi connectivity index (χ2v) is 20.2. The number of carbonyl (C=O) groups excluding carboxylic acids is 4. The van der Waals surface area contributed by atoms with E-state index < -0.39 is 29.1 Å². The van der Waals surface area contributed by atoms with Gasteiger partial charge in [-0.25, -0.2) is 18.7 Å². The van der Waals surface area contributed by atoms with Crippen LogP contribution in [0.3, 0.4) is 0 Å². The first-order valence-corrected chi connectivity index (χ1v) is 24.5. The van der Waals surface area contributed by atoms with Gasteiger partial charge in [-0.15, -0.1) is 0 Å². The highest BCUT2D eigenvalue weighted by atomic mass is 19.1. The van der Waals surface area contributed by atoms with Gasteiger partial charge in [-0.1, -0.05) is 27.2 Å². The molecule has 0 aliphatic carbocycles. The number of nitrogens with one attached hydrogen (secondary N) is 4. The molecule has 4 N–H and O–H groups in total. The van der Waals surface area contributed by atoms with Crippen LogP contribution in [0.15, 0.2) is 42.7 Å². The van der Waals surface area contributed by atoms with E-state index in [1.807, 2.05) is 31.2 Å². The summed E-state index contributed by atoms with van der Waals surface area (Å²) < 4.78 is 31.2. The van der Waals surface area contributed by atoms with Gasteiger partial charge in [0, 0.05) is 87.8 Å². The molecule has 18 heteroatoms. The minimum absolute atomic E-state index is 0.0172. The van der Waals surface area contributed by atoms with E-state index in [9.17, 15) is 19.2 Å². The molecule has 0 bridgehead atoms. The SMILES string of the molecule is CCCC(C(=O)NC=O)N1Cc2cc(NCCN(C)CCCCN(C)CCNc3cc(N4CCC5(CC4)CN(c4cc(F)c(CN6CCC(C)(C)CC6)cc4F)CC(=O)N5)ncn3)ccc2C1=O. The average Bonchev–Trinajstić information content (AvgIpc) is 3.63. The number of hydrogen-bond donors (Lipinski definition) is 4. The number of nitrogens with zero attached hydrogens (tertiary/aromatic N) is 8. The molecule has 1 atom stereocenters. The number of imide groups is 1. The fourth-order valence-corrected chi connectivity index (χ4v) is 10.0. The van der Waals surface area contributed by atoms with Crippen LogP contribution in [0.2, 0.25) is 0 Å². The smallest absolute Gasteiger partial charge is 0.255 e. The van der Waals surface area contributed by atoms with E-state index >= 15 is 8.78 Å². The van der Waals surface area contributed by atoms with Crippen molar-refractivity contribution >= 4 is 47.1 Å². The summed E-state index contributed by atoms with van der Waals surface area (Å²) >= 11 is 0. The van der Waals surface area contributed by atoms with Gasteiger partial charge in [0.2, 0.25) is 18.2 Å². The number of likely N-dealkylation sites (N-methyl/N-ethyl adjacent to an activating group) is 2. The van der Waals surface area contributed by atoms with Crippen molar-refractivity contribution in [2.24, 2.45) is 5.41 Å². The Kier molecular flexibility index (Phi) is 16.9. The number of unbranched alkanes of at least 4 members (excludes halogenated alkanes) is 1. The molecule has 370 valence electrons. The predicted molar refractivity (Wildman–Crippen MR) is 262 cm³/mol. The van der Waals surface area contributed by atoms with Gasteiger partial charge in [0.25, 0.3) is 5.91 Å². The number of halogens is 2. The third kappa shape index (κ3) is 13.0. The third-order valence-corrected chi connectivity index (χ3v) is 14.3. The predicted octanol–water partition coefficient (Wildman–Crippen LogP) is 4.92. The molecule has 0 saturated carbocycles. The Hall–Kier alpha value is -5.46. The first-order chi connectivity index (χ1) is 32.6. The summed E-state index contributed by atoms with van der Waals surface area (Å²) in [6.45, 7) is 15.7. The molecule has 68 heavy (non-hydrogen) atoms. The van der Waals surface area contributed by atoms with Gasteiger partial charge in [0.1, 0.15) is 35.6 Å². The zero-order valence-corrected chi connectivity index (χ0v) is 40.7. The molecule has 3 saturated heterocycles. The molecule has 4 aliphatic rings. The lowest BCUT2D eigenvalue weighted by Gasteiger charge is -2.48. The van der Waals surface area contributed by atoms with Crippen LogP contribution in [0.5, 0.6) is 0 Å². The molecule has 7 rings (SSSR count). The zero-order valence-electron chi connectivity index (χ0n) is 40.7. The van der Waals surface area contributed by atoms with Crippen molar-refractivity contribution in [3.05, 3.63) is 71.1 Å². The molecular weight excluding hydrogens is 871 g/mol. The molecule has 1 aromatic heterocycles. The summed E-state index contributed by atoms with van der Waals surface area (Å²) in [6.07, 6.45) is 8.60. The lowest BCUT2D eigenvalue weighted by atomic mass is 9.82. The standard InChI is InChI=1S/C50H72F2N12O4/c1-6-9-42(47(67)57-35-65)64-31-36-26-38(10-11-39(36)48(64)68)53-16-24-59(4)18-7-8-19-60(5)25-17-54-44-29-45(56-34-55-44)62-22-14-50(15-23-62)33-63(32-46(66)58-50)43-28-40(51)37(27-41(43)52)30-61-20-12-49(2,3)13-21-61/h10-11,26-29,34-35,42,53H,6-9,12-25,30-33H2,1-5H3,(H,58,66)(H,54,55,56)(H,57,65,67). The third-order valence-electron chi connectivity index (χ3n) is 14.3. The fraction of sp³-hybridized carbons (Fsp3) is 0.600. The summed E-state index contributed by atoms with van der Waals surface area (Å²) in [5, 5.41) is 12.3. The van der Waals surface area contributed by atoms with E-state index in [0.29, 0.717) is 75.9 Å². The van der Waals surface area contributed by atoms with Crippen molar-refractivity contribution < 1.29 is 28.0 Å². The Morgan fingerprint density at radius 2 is 1.57 bits per heavy atom. The topological polar surface area (TPSA) is 162 Å². The normalized spacial score (nSPS) is 18.5. The molecule has 4 aliphatic heterocycles. The monoisotopic (exact) mass is 943 g/mol. The number of piperidine rings is 2. The lowest BCUT2D eigenvalue weighted by molar-refractivity contribution is -0.129. The van der Waals surface area contributed by atoms with Crippen molar-refractivity contribution in [2.75, 3.05) is 113 Å². The van der Waals surface area contributed by atoms with Crippen LogP contribution < -0.4 is 31.1 Å². The van der Waals surface area contributed by atoms with Crippen molar-refractivity contribution in [1.29, 1.82) is 0 Å². The molecule has 0 radical (unpaired) electrons. The van der Waals surface area contributed by atoms with E-state index in [1.54, 1.807) is 16.1 Å². The number of carbonyl (C=O) groups is 4. The highest BCUT2D eigenvalue weighted by Crippen LogP contribution is 2.35. The zero-order chi connectivity index (χ0) is 48.4. The van der Waals surface area contributed by atoms with Gasteiger partial charge >= 0.3 is 0 Å². The first-order valence-electron chi connectivity index (χ1n) is 24.5. The Morgan fingerprint density at radius 1 is 0.868 bits per heavy atom. The molecule has 1 unspecified atom stereocenters. The molecular formula is C50H72F2N12O4. The number of piperazine rings is 1. The maximum Gasteiger partial charge on any atom is 0.255 e. The van der Waals surface area contributed by atoms with E-state index in [0.717, 1.165) is 101 Å². The maximum absolute atomic E-state index is 15.7. The van der Waals surface area contributed by atoms with E-state index in [-0.39, 0.29) is 29.5 Å². The molecule has 2 aromatic carbocycles. The van der Waals surface area contributed by atoms with Gasteiger partial charge in [-0.05, 0) is 120 Å². The summed E-state index contributed by atoms with van der Waals surface area (Å²) in [7, 11) is 4.24. The minimum atomic E-state index is -0.679. The highest BCUT2D eigenvalue weighted by Gasteiger charge is 2.42. The van der Waals surface area contributed by atoms with Crippen molar-refractivity contribution in [3.8, 4) is 0 Å². The lowest BCUT2D eigenvalue weighted by Crippen LogP contribution is -2.66. The molecule has 3 fully saturated rings. The van der Waals surface area contributed by atoms with Crippen LogP contribution in [0, 0.1) is 17.0 Å².